The quantitative estimate of drug-likeness (QED) is 0.610. The number of hydrogen-bond donors (Lipinski definition) is 0. The van der Waals surface area contributed by atoms with Gasteiger partial charge in [-0.25, -0.2) is 9.69 Å². The third-order valence-corrected chi connectivity index (χ3v) is 3.74. The molecule has 126 valence electrons. The predicted molar refractivity (Wildman–Crippen MR) is 92.1 cm³/mol. The minimum absolute atomic E-state index is 0.0552. The van der Waals surface area contributed by atoms with Crippen molar-refractivity contribution in [2.45, 2.75) is 13.8 Å². The summed E-state index contributed by atoms with van der Waals surface area (Å²) in [5, 5.41) is 14.7. The van der Waals surface area contributed by atoms with Crippen molar-refractivity contribution < 1.29 is 9.59 Å². The van der Waals surface area contributed by atoms with Gasteiger partial charge in [-0.3, -0.25) is 9.59 Å². The summed E-state index contributed by atoms with van der Waals surface area (Å²) in [6, 6.07) is 5.00. The number of nitrogens with zero attached hydrogens (tertiary/aromatic N) is 6. The summed E-state index contributed by atoms with van der Waals surface area (Å²) in [5.41, 5.74) is 0.457. The molecule has 0 saturated heterocycles. The van der Waals surface area contributed by atoms with Crippen LogP contribution in [0.3, 0.4) is 0 Å². The molecule has 0 bridgehead atoms. The number of aromatic nitrogens is 3. The molecule has 0 fully saturated rings. The van der Waals surface area contributed by atoms with Crippen LogP contribution in [-0.4, -0.2) is 40.0 Å². The number of hydrogen-bond acceptors (Lipinski definition) is 5. The Labute approximate surface area is 148 Å². The lowest BCUT2D eigenvalue weighted by Crippen LogP contribution is -2.37. The van der Waals surface area contributed by atoms with E-state index in [0.717, 1.165) is 5.01 Å². The summed E-state index contributed by atoms with van der Waals surface area (Å²) < 4.78 is 1.30. The SMILES string of the molecule is CC(=O)N(N=Cc1c(Cl)cccc1Cl)c1nncn1N(C)C(C)=O. The lowest BCUT2D eigenvalue weighted by molar-refractivity contribution is -0.118. The molecule has 0 saturated carbocycles. The van der Waals surface area contributed by atoms with Gasteiger partial charge in [0.15, 0.2) is 0 Å². The molecule has 1 aromatic carbocycles. The largest absolute Gasteiger partial charge is 0.274 e. The van der Waals surface area contributed by atoms with Crippen LogP contribution in [0.5, 0.6) is 0 Å². The molecule has 0 aliphatic rings. The topological polar surface area (TPSA) is 83.7 Å². The van der Waals surface area contributed by atoms with Crippen LogP contribution in [0.15, 0.2) is 29.6 Å². The average Bonchev–Trinajstić information content (AvgIpc) is 2.98. The highest BCUT2D eigenvalue weighted by Gasteiger charge is 2.20. The van der Waals surface area contributed by atoms with E-state index in [1.54, 1.807) is 18.2 Å². The standard InChI is InChI=1S/C14H14Cl2N6O2/c1-9(23)20(3)21-8-17-19-14(21)22(10(2)24)18-7-11-12(15)5-4-6-13(11)16/h4-8H,1-3H3. The van der Waals surface area contributed by atoms with Gasteiger partial charge in [-0.2, -0.15) is 10.1 Å². The Bertz CT molecular complexity index is 784. The zero-order valence-corrected chi connectivity index (χ0v) is 14.7. The smallest absolute Gasteiger partial charge is 0.273 e. The Balaban J connectivity index is 2.42. The summed E-state index contributed by atoms with van der Waals surface area (Å²) in [5.74, 6) is -0.641. The number of hydrazone groups is 1. The van der Waals surface area contributed by atoms with Gasteiger partial charge in [0.05, 0.1) is 16.3 Å². The number of benzene rings is 1. The van der Waals surface area contributed by atoms with Crippen LogP contribution >= 0.6 is 23.2 Å². The molecule has 0 aliphatic carbocycles. The molecule has 1 heterocycles. The number of halogens is 2. The van der Waals surface area contributed by atoms with Crippen LogP contribution in [0, 0.1) is 0 Å². The Morgan fingerprint density at radius 1 is 1.21 bits per heavy atom. The zero-order valence-electron chi connectivity index (χ0n) is 13.1. The van der Waals surface area contributed by atoms with Crippen molar-refractivity contribution in [1.29, 1.82) is 0 Å². The molecule has 1 aromatic heterocycles. The lowest BCUT2D eigenvalue weighted by Gasteiger charge is -2.21. The van der Waals surface area contributed by atoms with E-state index < -0.39 is 5.91 Å². The lowest BCUT2D eigenvalue weighted by atomic mass is 10.2. The van der Waals surface area contributed by atoms with E-state index in [9.17, 15) is 9.59 Å². The summed E-state index contributed by atoms with van der Waals surface area (Å²) in [6.07, 6.45) is 2.64. The van der Waals surface area contributed by atoms with Gasteiger partial charge in [0.2, 0.25) is 11.8 Å². The van der Waals surface area contributed by atoms with Gasteiger partial charge < -0.3 is 0 Å². The van der Waals surface area contributed by atoms with Crippen LogP contribution in [0.1, 0.15) is 19.4 Å². The number of amides is 2. The molecule has 2 amide bonds. The summed E-state index contributed by atoms with van der Waals surface area (Å²) in [6.45, 7) is 2.67. The van der Waals surface area contributed by atoms with E-state index >= 15 is 0 Å². The molecule has 24 heavy (non-hydrogen) atoms. The summed E-state index contributed by atoms with van der Waals surface area (Å²) in [4.78, 5) is 23.5. The highest BCUT2D eigenvalue weighted by atomic mass is 35.5. The maximum absolute atomic E-state index is 11.9. The fraction of sp³-hybridized carbons (Fsp3) is 0.214. The van der Waals surface area contributed by atoms with Gasteiger partial charge in [0.25, 0.3) is 5.95 Å². The van der Waals surface area contributed by atoms with Crippen LogP contribution in [0.4, 0.5) is 5.95 Å². The highest BCUT2D eigenvalue weighted by molar-refractivity contribution is 6.38. The van der Waals surface area contributed by atoms with Crippen LogP contribution in [0.2, 0.25) is 10.0 Å². The first-order valence-corrected chi connectivity index (χ1v) is 7.51. The number of rotatable bonds is 4. The molecule has 0 N–H and O–H groups in total. The minimum atomic E-state index is -0.430. The van der Waals surface area contributed by atoms with E-state index in [-0.39, 0.29) is 11.9 Å². The Morgan fingerprint density at radius 3 is 2.38 bits per heavy atom. The van der Waals surface area contributed by atoms with E-state index in [1.165, 1.54) is 43.1 Å². The van der Waals surface area contributed by atoms with Crippen LogP contribution < -0.4 is 10.0 Å². The number of carbonyl (C=O) groups is 2. The van der Waals surface area contributed by atoms with Crippen molar-refractivity contribution in [3.05, 3.63) is 40.1 Å². The summed E-state index contributed by atoms with van der Waals surface area (Å²) >= 11 is 12.2. The van der Waals surface area contributed by atoms with E-state index in [2.05, 4.69) is 15.3 Å². The fourth-order valence-electron chi connectivity index (χ4n) is 1.75. The first-order valence-electron chi connectivity index (χ1n) is 6.76. The van der Waals surface area contributed by atoms with Crippen molar-refractivity contribution in [3.63, 3.8) is 0 Å². The van der Waals surface area contributed by atoms with Gasteiger partial charge in [-0.15, -0.1) is 10.2 Å². The molecule has 8 nitrogen and oxygen atoms in total. The first kappa shape index (κ1) is 17.9. The normalized spacial score (nSPS) is 10.9. The van der Waals surface area contributed by atoms with Crippen molar-refractivity contribution in [2.75, 3.05) is 17.1 Å². The van der Waals surface area contributed by atoms with Gasteiger partial charge in [-0.1, -0.05) is 29.3 Å². The van der Waals surface area contributed by atoms with Gasteiger partial charge >= 0.3 is 0 Å². The molecule has 2 aromatic rings. The first-order chi connectivity index (χ1) is 11.3. The molecule has 0 spiro atoms. The van der Waals surface area contributed by atoms with Gasteiger partial charge in [0.1, 0.15) is 6.33 Å². The number of carbonyl (C=O) groups excluding carboxylic acids is 2. The molecule has 10 heteroatoms. The van der Waals surface area contributed by atoms with Crippen molar-refractivity contribution in [3.8, 4) is 0 Å². The minimum Gasteiger partial charge on any atom is -0.273 e. The Hall–Kier alpha value is -2.45. The van der Waals surface area contributed by atoms with E-state index in [4.69, 9.17) is 23.2 Å². The predicted octanol–water partition coefficient (Wildman–Crippen LogP) is 2.09. The number of anilines is 1. The third-order valence-electron chi connectivity index (χ3n) is 3.08. The Morgan fingerprint density at radius 2 is 1.83 bits per heavy atom. The second kappa shape index (κ2) is 7.41. The maximum atomic E-state index is 11.9. The second-order valence-corrected chi connectivity index (χ2v) is 5.54. The van der Waals surface area contributed by atoms with Crippen LogP contribution in [-0.2, 0) is 9.59 Å². The molecular weight excluding hydrogens is 355 g/mol. The van der Waals surface area contributed by atoms with Crippen molar-refractivity contribution >= 4 is 47.2 Å². The fourth-order valence-corrected chi connectivity index (χ4v) is 2.24. The van der Waals surface area contributed by atoms with Crippen molar-refractivity contribution in [2.24, 2.45) is 5.10 Å². The molecule has 0 unspecified atom stereocenters. The molecule has 0 radical (unpaired) electrons. The van der Waals surface area contributed by atoms with Crippen molar-refractivity contribution in [1.82, 2.24) is 14.9 Å². The molecular formula is C14H14Cl2N6O2. The second-order valence-electron chi connectivity index (χ2n) is 4.73. The van der Waals surface area contributed by atoms with Crippen LogP contribution in [0.25, 0.3) is 0 Å². The third kappa shape index (κ3) is 3.72. The zero-order chi connectivity index (χ0) is 17.9. The summed E-state index contributed by atoms with van der Waals surface area (Å²) in [7, 11) is 1.52. The van der Waals surface area contributed by atoms with E-state index in [1.807, 2.05) is 0 Å². The highest BCUT2D eigenvalue weighted by Crippen LogP contribution is 2.22. The van der Waals surface area contributed by atoms with Gasteiger partial charge in [0, 0.05) is 26.5 Å². The molecule has 0 atom stereocenters. The molecule has 0 aliphatic heterocycles. The maximum Gasteiger partial charge on any atom is 0.274 e. The Kier molecular flexibility index (Phi) is 5.53. The average molecular weight is 369 g/mol. The molecule has 2 rings (SSSR count). The van der Waals surface area contributed by atoms with E-state index in [0.29, 0.717) is 15.6 Å². The monoisotopic (exact) mass is 368 g/mol. The van der Waals surface area contributed by atoms with Gasteiger partial charge in [-0.05, 0) is 12.1 Å².